The fourth-order valence-corrected chi connectivity index (χ4v) is 4.29. The lowest BCUT2D eigenvalue weighted by atomic mass is 9.64. The van der Waals surface area contributed by atoms with Gasteiger partial charge in [0.2, 0.25) is 0 Å². The maximum atomic E-state index is 13.1. The maximum Gasteiger partial charge on any atom is 0.416 e. The van der Waals surface area contributed by atoms with Gasteiger partial charge in [0.25, 0.3) is 6.43 Å². The Hall–Kier alpha value is -1.90. The quantitative estimate of drug-likeness (QED) is 0.405. The normalized spacial score (nSPS) is 20.8. The fraction of sp³-hybridized carbons (Fsp3) is 0.667. The molecular formula is C21H29F5N4. The summed E-state index contributed by atoms with van der Waals surface area (Å²) >= 11 is 0. The molecule has 30 heavy (non-hydrogen) atoms. The number of likely N-dealkylation sites (tertiary alicyclic amines) is 1. The molecule has 2 fully saturated rings. The molecule has 3 rings (SSSR count). The molecule has 9 heteroatoms. The lowest BCUT2D eigenvalue weighted by molar-refractivity contribution is -0.137. The van der Waals surface area contributed by atoms with Crippen molar-refractivity contribution >= 4 is 5.96 Å². The number of nitrogens with one attached hydrogen (secondary N) is 2. The topological polar surface area (TPSA) is 39.7 Å². The Balaban J connectivity index is 1.56. The third-order valence-corrected chi connectivity index (χ3v) is 6.26. The Bertz CT molecular complexity index is 722. The Kier molecular flexibility index (Phi) is 7.21. The summed E-state index contributed by atoms with van der Waals surface area (Å²) in [7, 11) is 1.65. The minimum absolute atomic E-state index is 0.135. The minimum Gasteiger partial charge on any atom is -0.356 e. The highest BCUT2D eigenvalue weighted by Gasteiger charge is 2.40. The highest BCUT2D eigenvalue weighted by atomic mass is 19.4. The zero-order valence-corrected chi connectivity index (χ0v) is 17.1. The van der Waals surface area contributed by atoms with Gasteiger partial charge in [-0.15, -0.1) is 0 Å². The fourth-order valence-electron chi connectivity index (χ4n) is 4.29. The lowest BCUT2D eigenvalue weighted by Crippen LogP contribution is -2.53. The zero-order valence-electron chi connectivity index (χ0n) is 17.1. The summed E-state index contributed by atoms with van der Waals surface area (Å²) in [5.74, 6) is 0.598. The number of guanidine groups is 1. The van der Waals surface area contributed by atoms with Crippen LogP contribution in [0.15, 0.2) is 29.3 Å². The zero-order chi connectivity index (χ0) is 21.8. The summed E-state index contributed by atoms with van der Waals surface area (Å²) in [6, 6.07) is 5.74. The van der Waals surface area contributed by atoms with E-state index >= 15 is 0 Å². The monoisotopic (exact) mass is 432 g/mol. The highest BCUT2D eigenvalue weighted by Crippen LogP contribution is 2.44. The van der Waals surface area contributed by atoms with Gasteiger partial charge in [-0.3, -0.25) is 9.89 Å². The van der Waals surface area contributed by atoms with E-state index in [2.05, 4.69) is 15.6 Å². The van der Waals surface area contributed by atoms with Crippen LogP contribution in [0.25, 0.3) is 0 Å². The second-order valence-corrected chi connectivity index (χ2v) is 8.25. The first-order valence-electron chi connectivity index (χ1n) is 10.4. The molecule has 0 amide bonds. The van der Waals surface area contributed by atoms with Crippen LogP contribution in [0.1, 0.15) is 43.2 Å². The third kappa shape index (κ3) is 5.62. The van der Waals surface area contributed by atoms with Crippen molar-refractivity contribution in [1.29, 1.82) is 0 Å². The summed E-state index contributed by atoms with van der Waals surface area (Å²) in [5.41, 5.74) is -0.254. The number of alkyl halides is 5. The average Bonchev–Trinajstić information content (AvgIpc) is 2.66. The smallest absolute Gasteiger partial charge is 0.356 e. The molecule has 0 aromatic heterocycles. The van der Waals surface area contributed by atoms with Crippen LogP contribution in [-0.4, -0.2) is 56.6 Å². The number of aliphatic imine (C=N–C) groups is 1. The molecule has 1 aliphatic heterocycles. The molecule has 2 N–H and O–H groups in total. The van der Waals surface area contributed by atoms with Crippen molar-refractivity contribution in [2.45, 2.75) is 56.2 Å². The average molecular weight is 432 g/mol. The van der Waals surface area contributed by atoms with Gasteiger partial charge in [0, 0.05) is 38.1 Å². The van der Waals surface area contributed by atoms with Crippen molar-refractivity contribution in [3.8, 4) is 0 Å². The Morgan fingerprint density at radius 3 is 2.47 bits per heavy atom. The molecule has 168 valence electrons. The van der Waals surface area contributed by atoms with Gasteiger partial charge in [-0.1, -0.05) is 24.6 Å². The number of piperidine rings is 1. The van der Waals surface area contributed by atoms with Gasteiger partial charge >= 0.3 is 6.18 Å². The maximum absolute atomic E-state index is 13.1. The molecule has 0 bridgehead atoms. The van der Waals surface area contributed by atoms with Crippen molar-refractivity contribution in [3.63, 3.8) is 0 Å². The first kappa shape index (κ1) is 22.8. The summed E-state index contributed by atoms with van der Waals surface area (Å²) in [6.45, 7) is 1.51. The summed E-state index contributed by atoms with van der Waals surface area (Å²) < 4.78 is 64.4. The van der Waals surface area contributed by atoms with E-state index in [9.17, 15) is 22.0 Å². The van der Waals surface area contributed by atoms with Gasteiger partial charge < -0.3 is 10.6 Å². The van der Waals surface area contributed by atoms with Crippen LogP contribution in [0, 0.1) is 0 Å². The van der Waals surface area contributed by atoms with Gasteiger partial charge in [-0.25, -0.2) is 8.78 Å². The van der Waals surface area contributed by atoms with Gasteiger partial charge in [0.15, 0.2) is 5.96 Å². The van der Waals surface area contributed by atoms with Crippen LogP contribution in [0.5, 0.6) is 0 Å². The molecule has 2 aliphatic rings. The molecule has 1 saturated carbocycles. The third-order valence-electron chi connectivity index (χ3n) is 6.26. The van der Waals surface area contributed by atoms with E-state index in [0.29, 0.717) is 31.2 Å². The Morgan fingerprint density at radius 1 is 1.23 bits per heavy atom. The predicted octanol–water partition coefficient (Wildman–Crippen LogP) is 4.02. The van der Waals surface area contributed by atoms with Crippen LogP contribution in [0.4, 0.5) is 22.0 Å². The van der Waals surface area contributed by atoms with Gasteiger partial charge in [0.05, 0.1) is 12.1 Å². The van der Waals surface area contributed by atoms with Crippen molar-refractivity contribution in [2.24, 2.45) is 4.99 Å². The molecule has 0 spiro atoms. The van der Waals surface area contributed by atoms with Crippen molar-refractivity contribution < 1.29 is 22.0 Å². The van der Waals surface area contributed by atoms with E-state index in [1.807, 2.05) is 0 Å². The summed E-state index contributed by atoms with van der Waals surface area (Å²) in [4.78, 5) is 6.00. The molecule has 1 aliphatic carbocycles. The largest absolute Gasteiger partial charge is 0.416 e. The molecular weight excluding hydrogens is 403 g/mol. The van der Waals surface area contributed by atoms with E-state index in [0.717, 1.165) is 38.2 Å². The Labute approximate surface area is 173 Å². The molecule has 0 unspecified atom stereocenters. The molecule has 4 nitrogen and oxygen atoms in total. The molecule has 1 saturated heterocycles. The number of hydrogen-bond acceptors (Lipinski definition) is 2. The number of hydrogen-bond donors (Lipinski definition) is 2. The van der Waals surface area contributed by atoms with Crippen LogP contribution in [-0.2, 0) is 11.6 Å². The SMILES string of the molecule is CN=C(NCC1(c2cccc(C(F)(F)F)c2)CCC1)NC1CCN(CC(F)F)CC1. The summed E-state index contributed by atoms with van der Waals surface area (Å²) in [5, 5.41) is 6.62. The van der Waals surface area contributed by atoms with Gasteiger partial charge in [-0.05, 0) is 37.3 Å². The van der Waals surface area contributed by atoms with E-state index in [4.69, 9.17) is 0 Å². The summed E-state index contributed by atoms with van der Waals surface area (Å²) in [6.07, 6.45) is -2.57. The first-order chi connectivity index (χ1) is 14.2. The molecule has 1 heterocycles. The van der Waals surface area contributed by atoms with Gasteiger partial charge in [-0.2, -0.15) is 13.2 Å². The second-order valence-electron chi connectivity index (χ2n) is 8.25. The lowest BCUT2D eigenvalue weighted by Gasteiger charge is -2.43. The number of nitrogens with zero attached hydrogens (tertiary/aromatic N) is 2. The number of halogens is 5. The molecule has 0 atom stereocenters. The predicted molar refractivity (Wildman–Crippen MR) is 107 cm³/mol. The van der Waals surface area contributed by atoms with Crippen molar-refractivity contribution in [3.05, 3.63) is 35.4 Å². The van der Waals surface area contributed by atoms with E-state index in [1.54, 1.807) is 18.0 Å². The standard InChI is InChI=1S/C21H29F5N4/c1-27-19(29-17-6-10-30(11-7-17)13-18(22)23)28-14-20(8-3-9-20)15-4-2-5-16(12-15)21(24,25)26/h2,4-5,12,17-18H,3,6-11,13-14H2,1H3,(H2,27,28,29). The van der Waals surface area contributed by atoms with Crippen LogP contribution in [0.3, 0.4) is 0 Å². The highest BCUT2D eigenvalue weighted by molar-refractivity contribution is 5.80. The minimum atomic E-state index is -4.36. The first-order valence-corrected chi connectivity index (χ1v) is 10.4. The number of benzene rings is 1. The molecule has 1 aromatic carbocycles. The van der Waals surface area contributed by atoms with Gasteiger partial charge in [0.1, 0.15) is 0 Å². The van der Waals surface area contributed by atoms with Crippen LogP contribution in [0.2, 0.25) is 0 Å². The molecule has 1 aromatic rings. The van der Waals surface area contributed by atoms with E-state index < -0.39 is 18.2 Å². The van der Waals surface area contributed by atoms with E-state index in [-0.39, 0.29) is 18.0 Å². The Morgan fingerprint density at radius 2 is 1.93 bits per heavy atom. The second kappa shape index (κ2) is 9.49. The van der Waals surface area contributed by atoms with Crippen LogP contribution < -0.4 is 10.6 Å². The number of rotatable bonds is 6. The van der Waals surface area contributed by atoms with Crippen molar-refractivity contribution in [1.82, 2.24) is 15.5 Å². The van der Waals surface area contributed by atoms with Crippen molar-refractivity contribution in [2.75, 3.05) is 33.2 Å². The van der Waals surface area contributed by atoms with Crippen LogP contribution >= 0.6 is 0 Å². The molecule has 0 radical (unpaired) electrons. The van der Waals surface area contributed by atoms with E-state index in [1.165, 1.54) is 12.1 Å².